The third kappa shape index (κ3) is 6.73. The van der Waals surface area contributed by atoms with Crippen LogP contribution in [0.15, 0.2) is 18.2 Å². The first-order valence-corrected chi connectivity index (χ1v) is 12.4. The standard InChI is InChI=1S/C26H40N4O5/c1-17-13-30(24(31)15-28(3)4)18(2)16-35-22-12-20(27-25(32)19-8-7-9-19)10-11-21(22)26(33)29(5)14-23(17)34-6/h10-12,17-19,23H,7-9,13-16H2,1-6H3,(H,27,32)/t17-,18-,23-/m0/s1. The van der Waals surface area contributed by atoms with E-state index in [-0.39, 0.29) is 48.3 Å². The zero-order valence-corrected chi connectivity index (χ0v) is 21.9. The molecular weight excluding hydrogens is 448 g/mol. The lowest BCUT2D eigenvalue weighted by atomic mass is 9.85. The number of likely N-dealkylation sites (N-methyl/N-ethyl adjacent to an activating group) is 2. The Morgan fingerprint density at radius 3 is 2.51 bits per heavy atom. The molecule has 3 rings (SSSR count). The van der Waals surface area contributed by atoms with Gasteiger partial charge in [-0.2, -0.15) is 0 Å². The molecule has 0 bridgehead atoms. The summed E-state index contributed by atoms with van der Waals surface area (Å²) in [5.41, 5.74) is 1.01. The zero-order chi connectivity index (χ0) is 25.7. The number of nitrogens with one attached hydrogen (secondary N) is 1. The Balaban J connectivity index is 1.91. The lowest BCUT2D eigenvalue weighted by Gasteiger charge is -2.36. The van der Waals surface area contributed by atoms with Crippen LogP contribution in [0, 0.1) is 11.8 Å². The Labute approximate surface area is 208 Å². The summed E-state index contributed by atoms with van der Waals surface area (Å²) in [6.45, 7) is 5.35. The summed E-state index contributed by atoms with van der Waals surface area (Å²) in [6, 6.07) is 4.92. The third-order valence-electron chi connectivity index (χ3n) is 6.96. The Kier molecular flexibility index (Phi) is 9.13. The van der Waals surface area contributed by atoms with Gasteiger partial charge in [0.2, 0.25) is 11.8 Å². The second-order valence-corrected chi connectivity index (χ2v) is 10.2. The van der Waals surface area contributed by atoms with E-state index >= 15 is 0 Å². The topological polar surface area (TPSA) is 91.4 Å². The van der Waals surface area contributed by atoms with Gasteiger partial charge in [-0.3, -0.25) is 14.4 Å². The number of hydrogen-bond acceptors (Lipinski definition) is 6. The van der Waals surface area contributed by atoms with E-state index in [9.17, 15) is 14.4 Å². The largest absolute Gasteiger partial charge is 0.491 e. The molecule has 1 N–H and O–H groups in total. The first-order chi connectivity index (χ1) is 16.6. The number of carbonyl (C=O) groups excluding carboxylic acids is 3. The molecule has 0 spiro atoms. The van der Waals surface area contributed by atoms with Crippen molar-refractivity contribution < 1.29 is 23.9 Å². The molecular formula is C26H40N4O5. The van der Waals surface area contributed by atoms with Crippen LogP contribution < -0.4 is 10.1 Å². The minimum absolute atomic E-state index is 0.00134. The summed E-state index contributed by atoms with van der Waals surface area (Å²) in [5.74, 6) is 0.276. The van der Waals surface area contributed by atoms with Crippen molar-refractivity contribution in [3.8, 4) is 5.75 Å². The maximum absolute atomic E-state index is 13.3. The summed E-state index contributed by atoms with van der Waals surface area (Å²) >= 11 is 0. The number of rotatable bonds is 5. The molecule has 1 aliphatic heterocycles. The molecule has 1 aromatic carbocycles. The molecule has 1 fully saturated rings. The van der Waals surface area contributed by atoms with Crippen LogP contribution >= 0.6 is 0 Å². The summed E-state index contributed by atoms with van der Waals surface area (Å²) in [4.78, 5) is 44.2. The van der Waals surface area contributed by atoms with E-state index in [0.29, 0.717) is 36.6 Å². The van der Waals surface area contributed by atoms with E-state index in [4.69, 9.17) is 9.47 Å². The minimum Gasteiger partial charge on any atom is -0.491 e. The van der Waals surface area contributed by atoms with Crippen molar-refractivity contribution in [3.63, 3.8) is 0 Å². The second kappa shape index (κ2) is 11.9. The smallest absolute Gasteiger partial charge is 0.257 e. The number of fused-ring (bicyclic) bond motifs is 1. The Hall–Kier alpha value is -2.65. The number of anilines is 1. The van der Waals surface area contributed by atoms with Gasteiger partial charge in [-0.25, -0.2) is 0 Å². The van der Waals surface area contributed by atoms with Gasteiger partial charge >= 0.3 is 0 Å². The highest BCUT2D eigenvalue weighted by Crippen LogP contribution is 2.30. The van der Waals surface area contributed by atoms with Gasteiger partial charge in [-0.1, -0.05) is 13.3 Å². The summed E-state index contributed by atoms with van der Waals surface area (Å²) < 4.78 is 11.9. The van der Waals surface area contributed by atoms with Crippen LogP contribution in [0.5, 0.6) is 5.75 Å². The maximum atomic E-state index is 13.3. The van der Waals surface area contributed by atoms with Crippen LogP contribution in [0.2, 0.25) is 0 Å². The van der Waals surface area contributed by atoms with Crippen molar-refractivity contribution in [2.24, 2.45) is 11.8 Å². The average molecular weight is 489 g/mol. The van der Waals surface area contributed by atoms with Crippen molar-refractivity contribution in [2.75, 3.05) is 59.8 Å². The van der Waals surface area contributed by atoms with Crippen LogP contribution in [-0.4, -0.2) is 99.1 Å². The van der Waals surface area contributed by atoms with Crippen LogP contribution in [0.3, 0.4) is 0 Å². The van der Waals surface area contributed by atoms with E-state index in [1.54, 1.807) is 37.3 Å². The number of hydrogen-bond donors (Lipinski definition) is 1. The van der Waals surface area contributed by atoms with Crippen molar-refractivity contribution in [1.29, 1.82) is 0 Å². The molecule has 0 aromatic heterocycles. The van der Waals surface area contributed by atoms with Gasteiger partial charge < -0.3 is 29.5 Å². The fourth-order valence-electron chi connectivity index (χ4n) is 4.47. The van der Waals surface area contributed by atoms with Crippen molar-refractivity contribution in [1.82, 2.24) is 14.7 Å². The second-order valence-electron chi connectivity index (χ2n) is 10.2. The average Bonchev–Trinajstić information content (AvgIpc) is 2.76. The SMILES string of the molecule is CO[C@H]1CN(C)C(=O)c2ccc(NC(=O)C3CCC3)cc2OC[C@H](C)N(C(=O)CN(C)C)C[C@@H]1C. The number of ether oxygens (including phenoxy) is 2. The Bertz CT molecular complexity index is 917. The first kappa shape index (κ1) is 26.9. The van der Waals surface area contributed by atoms with Crippen molar-refractivity contribution >= 4 is 23.4 Å². The molecule has 1 aromatic rings. The fraction of sp³-hybridized carbons (Fsp3) is 0.654. The van der Waals surface area contributed by atoms with E-state index < -0.39 is 0 Å². The molecule has 1 aliphatic carbocycles. The Morgan fingerprint density at radius 2 is 1.91 bits per heavy atom. The van der Waals surface area contributed by atoms with Crippen LogP contribution in [0.4, 0.5) is 5.69 Å². The molecule has 2 aliphatic rings. The molecule has 9 heteroatoms. The van der Waals surface area contributed by atoms with Crippen LogP contribution in [-0.2, 0) is 14.3 Å². The lowest BCUT2D eigenvalue weighted by molar-refractivity contribution is -0.136. The molecule has 1 heterocycles. The Morgan fingerprint density at radius 1 is 1.20 bits per heavy atom. The number of carbonyl (C=O) groups is 3. The number of benzene rings is 1. The third-order valence-corrected chi connectivity index (χ3v) is 6.96. The maximum Gasteiger partial charge on any atom is 0.257 e. The van der Waals surface area contributed by atoms with E-state index in [1.807, 2.05) is 37.7 Å². The predicted molar refractivity (Wildman–Crippen MR) is 135 cm³/mol. The molecule has 1 saturated carbocycles. The van der Waals surface area contributed by atoms with E-state index in [2.05, 4.69) is 5.32 Å². The summed E-state index contributed by atoms with van der Waals surface area (Å²) in [6.07, 6.45) is 2.65. The van der Waals surface area contributed by atoms with Crippen molar-refractivity contribution in [2.45, 2.75) is 45.3 Å². The highest BCUT2D eigenvalue weighted by Gasteiger charge is 2.31. The highest BCUT2D eigenvalue weighted by atomic mass is 16.5. The van der Waals surface area contributed by atoms with Gasteiger partial charge in [-0.15, -0.1) is 0 Å². The van der Waals surface area contributed by atoms with Gasteiger partial charge in [0.15, 0.2) is 0 Å². The molecule has 9 nitrogen and oxygen atoms in total. The number of amides is 3. The molecule has 35 heavy (non-hydrogen) atoms. The van der Waals surface area contributed by atoms with Crippen molar-refractivity contribution in [3.05, 3.63) is 23.8 Å². The fourth-order valence-corrected chi connectivity index (χ4v) is 4.47. The monoisotopic (exact) mass is 488 g/mol. The highest BCUT2D eigenvalue weighted by molar-refractivity contribution is 5.99. The van der Waals surface area contributed by atoms with Crippen LogP contribution in [0.1, 0.15) is 43.5 Å². The molecule has 0 saturated heterocycles. The minimum atomic E-state index is -0.240. The van der Waals surface area contributed by atoms with Gasteiger partial charge in [0.1, 0.15) is 12.4 Å². The zero-order valence-electron chi connectivity index (χ0n) is 21.9. The molecule has 0 radical (unpaired) electrons. The van der Waals surface area contributed by atoms with Gasteiger partial charge in [0, 0.05) is 50.8 Å². The molecule has 194 valence electrons. The quantitative estimate of drug-likeness (QED) is 0.684. The first-order valence-electron chi connectivity index (χ1n) is 12.4. The van der Waals surface area contributed by atoms with Gasteiger partial charge in [0.05, 0.1) is 24.3 Å². The molecule has 3 amide bonds. The van der Waals surface area contributed by atoms with Crippen LogP contribution in [0.25, 0.3) is 0 Å². The lowest BCUT2D eigenvalue weighted by Crippen LogP contribution is -2.50. The normalized spacial score (nSPS) is 24.1. The molecule has 0 unspecified atom stereocenters. The molecule has 3 atom stereocenters. The predicted octanol–water partition coefficient (Wildman–Crippen LogP) is 2.32. The number of methoxy groups -OCH3 is 1. The number of nitrogens with zero attached hydrogens (tertiary/aromatic N) is 3. The van der Waals surface area contributed by atoms with Gasteiger partial charge in [-0.05, 0) is 46.0 Å². The summed E-state index contributed by atoms with van der Waals surface area (Å²) in [5, 5.41) is 2.95. The van der Waals surface area contributed by atoms with Gasteiger partial charge in [0.25, 0.3) is 5.91 Å². The van der Waals surface area contributed by atoms with E-state index in [1.165, 1.54) is 0 Å². The van der Waals surface area contributed by atoms with E-state index in [0.717, 1.165) is 19.3 Å². The summed E-state index contributed by atoms with van der Waals surface area (Å²) in [7, 11) is 7.11.